The highest BCUT2D eigenvalue weighted by Gasteiger charge is 2.05. The third-order valence-electron chi connectivity index (χ3n) is 4.06. The molecule has 0 saturated carbocycles. The summed E-state index contributed by atoms with van der Waals surface area (Å²) in [5, 5.41) is 0.596. The van der Waals surface area contributed by atoms with E-state index in [4.69, 9.17) is 0 Å². The number of H-pyrrole nitrogens is 1. The molecule has 0 fully saturated rings. The average molecular weight is 324 g/mol. The number of aromatic nitrogens is 2. The van der Waals surface area contributed by atoms with E-state index in [1.807, 2.05) is 91.0 Å². The van der Waals surface area contributed by atoms with Gasteiger partial charge in [-0.25, -0.2) is 4.98 Å². The van der Waals surface area contributed by atoms with Crippen LogP contribution in [0.4, 0.5) is 0 Å². The Morgan fingerprint density at radius 2 is 1.48 bits per heavy atom. The van der Waals surface area contributed by atoms with Crippen LogP contribution in [0, 0.1) is 0 Å². The van der Waals surface area contributed by atoms with Crippen molar-refractivity contribution in [2.75, 3.05) is 0 Å². The average Bonchev–Trinajstić information content (AvgIpc) is 2.68. The SMILES string of the molecule is O=c1[nH]c(/C=C/c2ccccc2)nc2ccc(-c3ccccc3)cc12. The Labute approximate surface area is 145 Å². The smallest absolute Gasteiger partial charge is 0.259 e. The van der Waals surface area contributed by atoms with Gasteiger partial charge < -0.3 is 4.98 Å². The lowest BCUT2D eigenvalue weighted by Crippen LogP contribution is -2.09. The monoisotopic (exact) mass is 324 g/mol. The van der Waals surface area contributed by atoms with Gasteiger partial charge in [0.1, 0.15) is 5.82 Å². The van der Waals surface area contributed by atoms with E-state index in [1.54, 1.807) is 0 Å². The highest BCUT2D eigenvalue weighted by molar-refractivity contribution is 5.84. The molecule has 3 heteroatoms. The molecule has 0 bridgehead atoms. The molecule has 120 valence electrons. The molecule has 0 spiro atoms. The van der Waals surface area contributed by atoms with Gasteiger partial charge in [-0.15, -0.1) is 0 Å². The molecule has 0 aliphatic heterocycles. The standard InChI is InChI=1S/C22H16N2O/c25-22-19-15-18(17-9-5-2-6-10-17)12-13-20(19)23-21(24-22)14-11-16-7-3-1-4-8-16/h1-15H,(H,23,24,25)/b14-11+. The number of nitrogens with zero attached hydrogens (tertiary/aromatic N) is 1. The Morgan fingerprint density at radius 1 is 0.760 bits per heavy atom. The lowest BCUT2D eigenvalue weighted by Gasteiger charge is -2.04. The molecule has 0 aliphatic rings. The van der Waals surface area contributed by atoms with Crippen LogP contribution in [0.3, 0.4) is 0 Å². The van der Waals surface area contributed by atoms with Crippen LogP contribution < -0.4 is 5.56 Å². The summed E-state index contributed by atoms with van der Waals surface area (Å²) in [4.78, 5) is 19.9. The molecule has 1 heterocycles. The fraction of sp³-hybridized carbons (Fsp3) is 0. The molecule has 0 unspecified atom stereocenters. The van der Waals surface area contributed by atoms with Gasteiger partial charge in [0.25, 0.3) is 5.56 Å². The Bertz CT molecular complexity index is 1100. The number of benzene rings is 3. The number of fused-ring (bicyclic) bond motifs is 1. The van der Waals surface area contributed by atoms with Crippen LogP contribution in [0.25, 0.3) is 34.2 Å². The maximum Gasteiger partial charge on any atom is 0.259 e. The van der Waals surface area contributed by atoms with Gasteiger partial charge >= 0.3 is 0 Å². The predicted octanol–water partition coefficient (Wildman–Crippen LogP) is 4.76. The quantitative estimate of drug-likeness (QED) is 0.590. The molecular weight excluding hydrogens is 308 g/mol. The van der Waals surface area contributed by atoms with E-state index in [0.717, 1.165) is 16.7 Å². The Hall–Kier alpha value is -3.46. The second-order valence-electron chi connectivity index (χ2n) is 5.79. The summed E-state index contributed by atoms with van der Waals surface area (Å²) in [5.41, 5.74) is 3.71. The van der Waals surface area contributed by atoms with E-state index in [-0.39, 0.29) is 5.56 Å². The maximum absolute atomic E-state index is 12.5. The summed E-state index contributed by atoms with van der Waals surface area (Å²) < 4.78 is 0. The third-order valence-corrected chi connectivity index (χ3v) is 4.06. The molecule has 1 aromatic heterocycles. The number of aromatic amines is 1. The summed E-state index contributed by atoms with van der Waals surface area (Å²) in [6.07, 6.45) is 3.75. The van der Waals surface area contributed by atoms with Crippen molar-refractivity contribution in [3.8, 4) is 11.1 Å². The fourth-order valence-electron chi connectivity index (χ4n) is 2.79. The number of rotatable bonds is 3. The van der Waals surface area contributed by atoms with Crippen molar-refractivity contribution in [1.29, 1.82) is 0 Å². The van der Waals surface area contributed by atoms with Gasteiger partial charge in [-0.1, -0.05) is 72.8 Å². The Balaban J connectivity index is 1.74. The minimum Gasteiger partial charge on any atom is -0.306 e. The van der Waals surface area contributed by atoms with Crippen LogP contribution in [0.1, 0.15) is 11.4 Å². The fourth-order valence-corrected chi connectivity index (χ4v) is 2.79. The van der Waals surface area contributed by atoms with Gasteiger partial charge in [0.2, 0.25) is 0 Å². The van der Waals surface area contributed by atoms with Crippen LogP contribution >= 0.6 is 0 Å². The lowest BCUT2D eigenvalue weighted by atomic mass is 10.0. The van der Waals surface area contributed by atoms with Crippen LogP contribution in [-0.4, -0.2) is 9.97 Å². The third kappa shape index (κ3) is 3.26. The van der Waals surface area contributed by atoms with E-state index in [0.29, 0.717) is 16.7 Å². The van der Waals surface area contributed by atoms with Gasteiger partial charge in [-0.3, -0.25) is 4.79 Å². The van der Waals surface area contributed by atoms with Crippen molar-refractivity contribution >= 4 is 23.1 Å². The molecule has 3 aromatic carbocycles. The van der Waals surface area contributed by atoms with Crippen molar-refractivity contribution in [1.82, 2.24) is 9.97 Å². The van der Waals surface area contributed by atoms with Crippen molar-refractivity contribution in [2.24, 2.45) is 0 Å². The summed E-state index contributed by atoms with van der Waals surface area (Å²) in [5.74, 6) is 0.550. The largest absolute Gasteiger partial charge is 0.306 e. The number of nitrogens with one attached hydrogen (secondary N) is 1. The first-order valence-corrected chi connectivity index (χ1v) is 8.12. The summed E-state index contributed by atoms with van der Waals surface area (Å²) in [6, 6.07) is 25.7. The van der Waals surface area contributed by atoms with Gasteiger partial charge in [-0.2, -0.15) is 0 Å². The van der Waals surface area contributed by atoms with Crippen LogP contribution in [-0.2, 0) is 0 Å². The lowest BCUT2D eigenvalue weighted by molar-refractivity contribution is 1.14. The zero-order valence-corrected chi connectivity index (χ0v) is 13.5. The molecule has 1 N–H and O–H groups in total. The van der Waals surface area contributed by atoms with Crippen LogP contribution in [0.2, 0.25) is 0 Å². The van der Waals surface area contributed by atoms with Gasteiger partial charge in [-0.05, 0) is 34.9 Å². The molecule has 0 radical (unpaired) electrons. The Morgan fingerprint density at radius 3 is 2.24 bits per heavy atom. The first-order chi connectivity index (χ1) is 12.3. The van der Waals surface area contributed by atoms with Crippen LogP contribution in [0.15, 0.2) is 83.7 Å². The van der Waals surface area contributed by atoms with Crippen molar-refractivity contribution in [3.05, 3.63) is 101 Å². The van der Waals surface area contributed by atoms with Gasteiger partial charge in [0.15, 0.2) is 0 Å². The van der Waals surface area contributed by atoms with Crippen LogP contribution in [0.5, 0.6) is 0 Å². The minimum absolute atomic E-state index is 0.129. The van der Waals surface area contributed by atoms with E-state index in [1.165, 1.54) is 0 Å². The van der Waals surface area contributed by atoms with Crippen molar-refractivity contribution in [3.63, 3.8) is 0 Å². The first-order valence-electron chi connectivity index (χ1n) is 8.12. The molecule has 4 aromatic rings. The summed E-state index contributed by atoms with van der Waals surface area (Å²) in [7, 11) is 0. The topological polar surface area (TPSA) is 45.8 Å². The second-order valence-corrected chi connectivity index (χ2v) is 5.79. The molecule has 0 atom stereocenters. The predicted molar refractivity (Wildman–Crippen MR) is 103 cm³/mol. The molecular formula is C22H16N2O. The Kier molecular flexibility index (Phi) is 3.97. The summed E-state index contributed by atoms with van der Waals surface area (Å²) in [6.45, 7) is 0. The zero-order chi connectivity index (χ0) is 17.1. The zero-order valence-electron chi connectivity index (χ0n) is 13.5. The summed E-state index contributed by atoms with van der Waals surface area (Å²) >= 11 is 0. The minimum atomic E-state index is -0.129. The van der Waals surface area contributed by atoms with Gasteiger partial charge in [0, 0.05) is 0 Å². The van der Waals surface area contributed by atoms with E-state index in [9.17, 15) is 4.79 Å². The second kappa shape index (κ2) is 6.57. The normalized spacial score (nSPS) is 11.2. The van der Waals surface area contributed by atoms with E-state index >= 15 is 0 Å². The first kappa shape index (κ1) is 15.1. The van der Waals surface area contributed by atoms with Crippen molar-refractivity contribution < 1.29 is 0 Å². The molecule has 0 saturated heterocycles. The number of hydrogen-bond acceptors (Lipinski definition) is 2. The molecule has 0 aliphatic carbocycles. The molecule has 4 rings (SSSR count). The van der Waals surface area contributed by atoms with Gasteiger partial charge in [0.05, 0.1) is 10.9 Å². The maximum atomic E-state index is 12.5. The highest BCUT2D eigenvalue weighted by atomic mass is 16.1. The number of hydrogen-bond donors (Lipinski definition) is 1. The molecule has 0 amide bonds. The van der Waals surface area contributed by atoms with E-state index < -0.39 is 0 Å². The molecule has 25 heavy (non-hydrogen) atoms. The van der Waals surface area contributed by atoms with Crippen molar-refractivity contribution in [2.45, 2.75) is 0 Å². The highest BCUT2D eigenvalue weighted by Crippen LogP contribution is 2.21. The van der Waals surface area contributed by atoms with E-state index in [2.05, 4.69) is 9.97 Å². The molecule has 3 nitrogen and oxygen atoms in total.